The van der Waals surface area contributed by atoms with E-state index in [0.717, 1.165) is 5.56 Å². The van der Waals surface area contributed by atoms with Crippen LogP contribution in [-0.4, -0.2) is 17.9 Å². The molecule has 5 heteroatoms. The van der Waals surface area contributed by atoms with Gasteiger partial charge in [-0.3, -0.25) is 9.59 Å². The molecule has 0 saturated carbocycles. The average molecular weight is 431 g/mol. The van der Waals surface area contributed by atoms with Crippen molar-refractivity contribution >= 4 is 23.2 Å². The number of ether oxygens (including phenoxy) is 1. The maximum absolute atomic E-state index is 12.6. The number of hydrogen-bond donors (Lipinski definition) is 2. The number of anilines is 2. The van der Waals surface area contributed by atoms with Gasteiger partial charge >= 0.3 is 0 Å². The fraction of sp³-hybridized carbons (Fsp3) is 0.259. The quantitative estimate of drug-likeness (QED) is 0.508. The predicted octanol–water partition coefficient (Wildman–Crippen LogP) is 5.95. The summed E-state index contributed by atoms with van der Waals surface area (Å²) in [5.41, 5.74) is 3.92. The van der Waals surface area contributed by atoms with Gasteiger partial charge in [0.15, 0.2) is 6.10 Å². The van der Waals surface area contributed by atoms with E-state index in [9.17, 15) is 9.59 Å². The van der Waals surface area contributed by atoms with Gasteiger partial charge < -0.3 is 15.4 Å². The third-order valence-corrected chi connectivity index (χ3v) is 5.17. The van der Waals surface area contributed by atoms with E-state index >= 15 is 0 Å². The van der Waals surface area contributed by atoms with Crippen LogP contribution >= 0.6 is 0 Å². The van der Waals surface area contributed by atoms with Crippen molar-refractivity contribution in [3.05, 3.63) is 89.5 Å². The van der Waals surface area contributed by atoms with Gasteiger partial charge in [0, 0.05) is 16.9 Å². The molecule has 0 aliphatic carbocycles. The van der Waals surface area contributed by atoms with Crippen LogP contribution in [0.1, 0.15) is 49.2 Å². The predicted molar refractivity (Wildman–Crippen MR) is 129 cm³/mol. The third kappa shape index (κ3) is 5.97. The molecule has 0 fully saturated rings. The zero-order chi connectivity index (χ0) is 23.3. The lowest BCUT2D eigenvalue weighted by Gasteiger charge is -2.19. The number of nitrogens with one attached hydrogen (secondary N) is 2. The van der Waals surface area contributed by atoms with Crippen LogP contribution in [0.2, 0.25) is 0 Å². The van der Waals surface area contributed by atoms with Crippen molar-refractivity contribution in [2.45, 2.75) is 46.1 Å². The van der Waals surface area contributed by atoms with E-state index in [1.165, 1.54) is 5.56 Å². The zero-order valence-electron chi connectivity index (χ0n) is 19.2. The fourth-order valence-corrected chi connectivity index (χ4v) is 3.18. The summed E-state index contributed by atoms with van der Waals surface area (Å²) in [7, 11) is 0. The summed E-state index contributed by atoms with van der Waals surface area (Å²) in [5, 5.41) is 5.73. The molecule has 3 aromatic rings. The number of amides is 2. The Morgan fingerprint density at radius 3 is 2.09 bits per heavy atom. The van der Waals surface area contributed by atoms with Gasteiger partial charge in [0.25, 0.3) is 11.8 Å². The molecule has 0 unspecified atom stereocenters. The largest absolute Gasteiger partial charge is 0.481 e. The zero-order valence-corrected chi connectivity index (χ0v) is 19.2. The van der Waals surface area contributed by atoms with Gasteiger partial charge in [-0.1, -0.05) is 57.2 Å². The van der Waals surface area contributed by atoms with Gasteiger partial charge in [-0.15, -0.1) is 0 Å². The highest BCUT2D eigenvalue weighted by Crippen LogP contribution is 2.23. The summed E-state index contributed by atoms with van der Waals surface area (Å²) in [6.07, 6.45) is -0.671. The first-order valence-corrected chi connectivity index (χ1v) is 10.7. The minimum Gasteiger partial charge on any atom is -0.481 e. The molecule has 0 heterocycles. The number of hydrogen-bond acceptors (Lipinski definition) is 3. The summed E-state index contributed by atoms with van der Waals surface area (Å²) < 4.78 is 5.78. The van der Waals surface area contributed by atoms with Crippen molar-refractivity contribution in [1.29, 1.82) is 0 Å². The molecule has 3 aromatic carbocycles. The highest BCUT2D eigenvalue weighted by molar-refractivity contribution is 6.04. The van der Waals surface area contributed by atoms with Crippen molar-refractivity contribution < 1.29 is 14.3 Å². The Balaban J connectivity index is 1.63. The van der Waals surface area contributed by atoms with Crippen LogP contribution in [-0.2, 0) is 10.2 Å². The molecule has 0 saturated heterocycles. The molecule has 1 atom stereocenters. The van der Waals surface area contributed by atoms with Crippen molar-refractivity contribution in [1.82, 2.24) is 0 Å². The third-order valence-electron chi connectivity index (χ3n) is 5.17. The van der Waals surface area contributed by atoms with E-state index < -0.39 is 6.10 Å². The fourth-order valence-electron chi connectivity index (χ4n) is 3.18. The normalized spacial score (nSPS) is 12.0. The Kier molecular flexibility index (Phi) is 6.98. The van der Waals surface area contributed by atoms with E-state index in [-0.39, 0.29) is 17.2 Å². The van der Waals surface area contributed by atoms with Gasteiger partial charge in [-0.05, 0) is 66.8 Å². The highest BCUT2D eigenvalue weighted by Gasteiger charge is 2.17. The van der Waals surface area contributed by atoms with Crippen LogP contribution in [0.3, 0.4) is 0 Å². The molecule has 5 nitrogen and oxygen atoms in total. The van der Waals surface area contributed by atoms with Crippen LogP contribution in [0.15, 0.2) is 72.8 Å². The lowest BCUT2D eigenvalue weighted by atomic mass is 9.87. The van der Waals surface area contributed by atoms with Gasteiger partial charge in [0.2, 0.25) is 0 Å². The van der Waals surface area contributed by atoms with Crippen LogP contribution in [0.4, 0.5) is 11.4 Å². The molecule has 0 radical (unpaired) electrons. The molecule has 2 amide bonds. The lowest BCUT2D eigenvalue weighted by molar-refractivity contribution is -0.122. The molecule has 0 aliphatic rings. The molecule has 0 aromatic heterocycles. The molecule has 32 heavy (non-hydrogen) atoms. The Labute approximate surface area is 189 Å². The maximum atomic E-state index is 12.6. The van der Waals surface area contributed by atoms with Gasteiger partial charge in [0.1, 0.15) is 5.75 Å². The van der Waals surface area contributed by atoms with E-state index in [4.69, 9.17) is 4.74 Å². The molecular formula is C27H30N2O3. The number of para-hydroxylation sites is 1. The number of rotatable bonds is 6. The van der Waals surface area contributed by atoms with Crippen LogP contribution < -0.4 is 15.4 Å². The van der Waals surface area contributed by atoms with Crippen LogP contribution in [0.25, 0.3) is 0 Å². The average Bonchev–Trinajstić information content (AvgIpc) is 2.75. The maximum Gasteiger partial charge on any atom is 0.265 e. The molecule has 0 aliphatic heterocycles. The minimum absolute atomic E-state index is 0.0294. The van der Waals surface area contributed by atoms with Crippen molar-refractivity contribution in [3.63, 3.8) is 0 Å². The smallest absolute Gasteiger partial charge is 0.265 e. The SMILES string of the molecule is Cc1ccccc1O[C@@H](C)C(=O)Nc1cccc(NC(=O)c2ccc(C(C)(C)C)cc2)c1. The van der Waals surface area contributed by atoms with Crippen LogP contribution in [0.5, 0.6) is 5.75 Å². The first-order chi connectivity index (χ1) is 15.1. The molecule has 0 bridgehead atoms. The van der Waals surface area contributed by atoms with E-state index in [1.807, 2.05) is 55.5 Å². The number of benzene rings is 3. The molecule has 166 valence electrons. The minimum atomic E-state index is -0.671. The first-order valence-electron chi connectivity index (χ1n) is 10.7. The Morgan fingerprint density at radius 1 is 0.844 bits per heavy atom. The van der Waals surface area contributed by atoms with Gasteiger partial charge in [0.05, 0.1) is 0 Å². The van der Waals surface area contributed by atoms with Gasteiger partial charge in [-0.25, -0.2) is 0 Å². The Bertz CT molecular complexity index is 1100. The summed E-state index contributed by atoms with van der Waals surface area (Å²) in [6, 6.07) is 22.2. The summed E-state index contributed by atoms with van der Waals surface area (Å²) in [4.78, 5) is 25.2. The van der Waals surface area contributed by atoms with Gasteiger partial charge in [-0.2, -0.15) is 0 Å². The van der Waals surface area contributed by atoms with E-state index in [1.54, 1.807) is 31.2 Å². The number of aryl methyl sites for hydroxylation is 1. The standard InChI is InChI=1S/C27H30N2O3/c1-18-9-6-7-12-24(18)32-19(2)25(30)28-22-10-8-11-23(17-22)29-26(31)20-13-15-21(16-14-20)27(3,4)5/h6-17,19H,1-5H3,(H,28,30)(H,29,31)/t19-/m0/s1. The molecule has 0 spiro atoms. The van der Waals surface area contributed by atoms with Crippen molar-refractivity contribution in [2.75, 3.05) is 10.6 Å². The topological polar surface area (TPSA) is 67.4 Å². The van der Waals surface area contributed by atoms with Crippen molar-refractivity contribution in [3.8, 4) is 5.75 Å². The summed E-state index contributed by atoms with van der Waals surface area (Å²) in [5.74, 6) is 0.202. The molecular weight excluding hydrogens is 400 g/mol. The van der Waals surface area contributed by atoms with Crippen LogP contribution in [0, 0.1) is 6.92 Å². The second-order valence-corrected chi connectivity index (χ2v) is 8.88. The molecule has 2 N–H and O–H groups in total. The Hall–Kier alpha value is -3.60. The number of carbonyl (C=O) groups excluding carboxylic acids is 2. The van der Waals surface area contributed by atoms with E-state index in [0.29, 0.717) is 22.7 Å². The monoisotopic (exact) mass is 430 g/mol. The lowest BCUT2D eigenvalue weighted by Crippen LogP contribution is -2.30. The summed E-state index contributed by atoms with van der Waals surface area (Å²) >= 11 is 0. The highest BCUT2D eigenvalue weighted by atomic mass is 16.5. The Morgan fingerprint density at radius 2 is 1.47 bits per heavy atom. The first kappa shape index (κ1) is 23.1. The summed E-state index contributed by atoms with van der Waals surface area (Å²) in [6.45, 7) is 10.0. The second kappa shape index (κ2) is 9.69. The number of carbonyl (C=O) groups is 2. The van der Waals surface area contributed by atoms with Crippen molar-refractivity contribution in [2.24, 2.45) is 0 Å². The molecule has 3 rings (SSSR count). The second-order valence-electron chi connectivity index (χ2n) is 8.88. The van der Waals surface area contributed by atoms with E-state index in [2.05, 4.69) is 31.4 Å².